The van der Waals surface area contributed by atoms with E-state index in [1.165, 1.54) is 12.5 Å². The Hall–Kier alpha value is -4.00. The molecule has 7 nitrogen and oxygen atoms in total. The summed E-state index contributed by atoms with van der Waals surface area (Å²) in [7, 11) is 0. The lowest BCUT2D eigenvalue weighted by atomic mass is 10.1. The molecule has 4 rings (SSSR count). The summed E-state index contributed by atoms with van der Waals surface area (Å²) in [6, 6.07) is 21.2. The Labute approximate surface area is 168 Å². The molecule has 0 aliphatic heterocycles. The molecule has 0 aliphatic rings. The zero-order valence-corrected chi connectivity index (χ0v) is 15.8. The van der Waals surface area contributed by atoms with Gasteiger partial charge in [0.1, 0.15) is 23.5 Å². The Balaban J connectivity index is 1.74. The number of benzene rings is 2. The van der Waals surface area contributed by atoms with Crippen LogP contribution >= 0.6 is 0 Å². The Kier molecular flexibility index (Phi) is 5.29. The molecule has 2 aromatic carbocycles. The van der Waals surface area contributed by atoms with Crippen molar-refractivity contribution in [3.63, 3.8) is 0 Å². The molecule has 0 atom stereocenters. The van der Waals surface area contributed by atoms with Gasteiger partial charge in [0.05, 0.1) is 24.2 Å². The highest BCUT2D eigenvalue weighted by molar-refractivity contribution is 5.95. The first-order chi connectivity index (χ1) is 14.3. The summed E-state index contributed by atoms with van der Waals surface area (Å²) in [4.78, 5) is 21.1. The largest absolute Gasteiger partial charge is 0.462 e. The van der Waals surface area contributed by atoms with Crippen LogP contribution in [0.25, 0.3) is 16.9 Å². The molecular formula is C22H19N5O2. The maximum atomic E-state index is 12.4. The molecule has 0 saturated carbocycles. The highest BCUT2D eigenvalue weighted by atomic mass is 16.5. The van der Waals surface area contributed by atoms with Crippen molar-refractivity contribution in [1.82, 2.24) is 19.7 Å². The highest BCUT2D eigenvalue weighted by Crippen LogP contribution is 2.26. The van der Waals surface area contributed by atoms with Crippen molar-refractivity contribution in [3.8, 4) is 16.9 Å². The molecule has 0 unspecified atom stereocenters. The lowest BCUT2D eigenvalue weighted by Crippen LogP contribution is -2.10. The normalized spacial score (nSPS) is 10.5. The SMILES string of the molecule is CCOC(=O)c1cnn(-c2ccccc2)c1Nc1cc(-c2ccccc2)ncn1. The second-order valence-electron chi connectivity index (χ2n) is 6.15. The van der Waals surface area contributed by atoms with Gasteiger partial charge in [-0.2, -0.15) is 5.10 Å². The molecule has 4 aromatic rings. The minimum atomic E-state index is -0.450. The number of rotatable bonds is 6. The second kappa shape index (κ2) is 8.35. The number of carbonyl (C=O) groups is 1. The van der Waals surface area contributed by atoms with Gasteiger partial charge in [0.15, 0.2) is 0 Å². The maximum absolute atomic E-state index is 12.4. The molecule has 0 aliphatic carbocycles. The van der Waals surface area contributed by atoms with Gasteiger partial charge in [0.2, 0.25) is 0 Å². The predicted octanol–water partition coefficient (Wildman–Crippen LogP) is 4.25. The highest BCUT2D eigenvalue weighted by Gasteiger charge is 2.20. The van der Waals surface area contributed by atoms with E-state index in [9.17, 15) is 4.79 Å². The number of hydrogen-bond donors (Lipinski definition) is 1. The lowest BCUT2D eigenvalue weighted by Gasteiger charge is -2.12. The van der Waals surface area contributed by atoms with E-state index in [0.717, 1.165) is 16.9 Å². The maximum Gasteiger partial charge on any atom is 0.343 e. The minimum Gasteiger partial charge on any atom is -0.462 e. The van der Waals surface area contributed by atoms with E-state index in [2.05, 4.69) is 20.4 Å². The van der Waals surface area contributed by atoms with Crippen molar-refractivity contribution in [3.05, 3.63) is 84.8 Å². The monoisotopic (exact) mass is 385 g/mol. The predicted molar refractivity (Wildman–Crippen MR) is 110 cm³/mol. The molecule has 0 radical (unpaired) electrons. The molecular weight excluding hydrogens is 366 g/mol. The van der Waals surface area contributed by atoms with Crippen LogP contribution in [0, 0.1) is 0 Å². The summed E-state index contributed by atoms with van der Waals surface area (Å²) in [5, 5.41) is 7.59. The fraction of sp³-hybridized carbons (Fsp3) is 0.0909. The fourth-order valence-corrected chi connectivity index (χ4v) is 2.91. The van der Waals surface area contributed by atoms with Crippen molar-refractivity contribution in [2.45, 2.75) is 6.92 Å². The third-order valence-corrected chi connectivity index (χ3v) is 4.25. The van der Waals surface area contributed by atoms with E-state index < -0.39 is 5.97 Å². The van der Waals surface area contributed by atoms with Crippen LogP contribution < -0.4 is 5.32 Å². The molecule has 0 bridgehead atoms. The number of ether oxygens (including phenoxy) is 1. The van der Waals surface area contributed by atoms with Gasteiger partial charge < -0.3 is 10.1 Å². The molecule has 144 valence electrons. The van der Waals surface area contributed by atoms with E-state index in [1.807, 2.05) is 66.7 Å². The molecule has 0 spiro atoms. The summed E-state index contributed by atoms with van der Waals surface area (Å²) in [5.74, 6) is 0.573. The molecule has 0 fully saturated rings. The van der Waals surface area contributed by atoms with Crippen LogP contribution in [0.4, 0.5) is 11.6 Å². The van der Waals surface area contributed by atoms with E-state index in [0.29, 0.717) is 17.2 Å². The van der Waals surface area contributed by atoms with E-state index in [4.69, 9.17) is 4.74 Å². The minimum absolute atomic E-state index is 0.278. The second-order valence-corrected chi connectivity index (χ2v) is 6.15. The number of hydrogen-bond acceptors (Lipinski definition) is 6. The van der Waals surface area contributed by atoms with Crippen LogP contribution in [0.1, 0.15) is 17.3 Å². The Morgan fingerprint density at radius 2 is 1.76 bits per heavy atom. The third kappa shape index (κ3) is 3.98. The van der Waals surface area contributed by atoms with E-state index in [1.54, 1.807) is 11.6 Å². The number of para-hydroxylation sites is 1. The lowest BCUT2D eigenvalue weighted by molar-refractivity contribution is 0.0527. The smallest absolute Gasteiger partial charge is 0.343 e. The van der Waals surface area contributed by atoms with E-state index >= 15 is 0 Å². The quantitative estimate of drug-likeness (QED) is 0.500. The summed E-state index contributed by atoms with van der Waals surface area (Å²) in [6.07, 6.45) is 2.98. The van der Waals surface area contributed by atoms with Gasteiger partial charge >= 0.3 is 5.97 Å². The average Bonchev–Trinajstić information content (AvgIpc) is 3.19. The van der Waals surface area contributed by atoms with Gasteiger partial charge in [-0.25, -0.2) is 19.4 Å². The number of aromatic nitrogens is 4. The molecule has 2 heterocycles. The average molecular weight is 385 g/mol. The van der Waals surface area contributed by atoms with Gasteiger partial charge in [0.25, 0.3) is 0 Å². The topological polar surface area (TPSA) is 81.9 Å². The molecule has 7 heteroatoms. The van der Waals surface area contributed by atoms with Crippen molar-refractivity contribution in [2.75, 3.05) is 11.9 Å². The summed E-state index contributed by atoms with van der Waals surface area (Å²) < 4.78 is 6.83. The number of esters is 1. The van der Waals surface area contributed by atoms with Crippen LogP contribution in [-0.2, 0) is 4.74 Å². The van der Waals surface area contributed by atoms with Crippen LogP contribution in [0.3, 0.4) is 0 Å². The van der Waals surface area contributed by atoms with Crippen LogP contribution in [-0.4, -0.2) is 32.3 Å². The summed E-state index contributed by atoms with van der Waals surface area (Å²) in [5.41, 5.74) is 2.88. The van der Waals surface area contributed by atoms with Gasteiger partial charge in [-0.15, -0.1) is 0 Å². The number of anilines is 2. The van der Waals surface area contributed by atoms with Gasteiger partial charge in [-0.1, -0.05) is 48.5 Å². The van der Waals surface area contributed by atoms with Crippen molar-refractivity contribution in [2.24, 2.45) is 0 Å². The standard InChI is InChI=1S/C22H19N5O2/c1-2-29-22(28)18-14-25-27(17-11-7-4-8-12-17)21(18)26-20-13-19(23-15-24-20)16-9-5-3-6-10-16/h3-15H,2H2,1H3,(H,23,24,26). The summed E-state index contributed by atoms with van der Waals surface area (Å²) in [6.45, 7) is 2.05. The van der Waals surface area contributed by atoms with E-state index in [-0.39, 0.29) is 6.61 Å². The zero-order chi connectivity index (χ0) is 20.1. The Morgan fingerprint density at radius 1 is 1.03 bits per heavy atom. The van der Waals surface area contributed by atoms with Gasteiger partial charge in [-0.3, -0.25) is 0 Å². The Morgan fingerprint density at radius 3 is 2.48 bits per heavy atom. The Bertz CT molecular complexity index is 1110. The fourth-order valence-electron chi connectivity index (χ4n) is 2.91. The first-order valence-electron chi connectivity index (χ1n) is 9.21. The zero-order valence-electron chi connectivity index (χ0n) is 15.8. The van der Waals surface area contributed by atoms with Crippen molar-refractivity contribution in [1.29, 1.82) is 0 Å². The molecule has 29 heavy (non-hydrogen) atoms. The molecule has 1 N–H and O–H groups in total. The summed E-state index contributed by atoms with van der Waals surface area (Å²) >= 11 is 0. The third-order valence-electron chi connectivity index (χ3n) is 4.25. The number of carbonyl (C=O) groups excluding carboxylic acids is 1. The molecule has 0 saturated heterocycles. The van der Waals surface area contributed by atoms with Crippen LogP contribution in [0.15, 0.2) is 79.3 Å². The molecule has 0 amide bonds. The van der Waals surface area contributed by atoms with Crippen LogP contribution in [0.5, 0.6) is 0 Å². The first kappa shape index (κ1) is 18.4. The van der Waals surface area contributed by atoms with Crippen molar-refractivity contribution >= 4 is 17.6 Å². The van der Waals surface area contributed by atoms with Crippen molar-refractivity contribution < 1.29 is 9.53 Å². The van der Waals surface area contributed by atoms with Gasteiger partial charge in [0, 0.05) is 11.6 Å². The number of nitrogens with one attached hydrogen (secondary N) is 1. The molecule has 2 aromatic heterocycles. The van der Waals surface area contributed by atoms with Crippen LogP contribution in [0.2, 0.25) is 0 Å². The number of nitrogens with zero attached hydrogens (tertiary/aromatic N) is 4. The first-order valence-corrected chi connectivity index (χ1v) is 9.21. The van der Waals surface area contributed by atoms with Gasteiger partial charge in [-0.05, 0) is 19.1 Å².